The van der Waals surface area contributed by atoms with E-state index in [9.17, 15) is 14.4 Å². The van der Waals surface area contributed by atoms with Gasteiger partial charge in [0.15, 0.2) is 0 Å². The molecule has 1 fully saturated rings. The number of carbonyl (C=O) groups is 3. The minimum atomic E-state index is -0.141. The maximum atomic E-state index is 12.1. The van der Waals surface area contributed by atoms with E-state index in [0.29, 0.717) is 18.7 Å². The lowest BCUT2D eigenvalue weighted by atomic mass is 10.2. The molecule has 2 rings (SSSR count). The van der Waals surface area contributed by atoms with Gasteiger partial charge in [-0.15, -0.1) is 0 Å². The lowest BCUT2D eigenvalue weighted by Gasteiger charge is -2.23. The van der Waals surface area contributed by atoms with Crippen molar-refractivity contribution in [2.75, 3.05) is 29.9 Å². The second-order valence-corrected chi connectivity index (χ2v) is 5.74. The number of hydrogen-bond donors (Lipinski definition) is 1. The Labute approximate surface area is 136 Å². The number of amides is 3. The van der Waals surface area contributed by atoms with Gasteiger partial charge in [0.25, 0.3) is 0 Å². The highest BCUT2D eigenvalue weighted by Gasteiger charge is 2.20. The molecule has 0 bridgehead atoms. The van der Waals surface area contributed by atoms with Crippen LogP contribution in [0, 0.1) is 0 Å². The van der Waals surface area contributed by atoms with Crippen molar-refractivity contribution in [2.45, 2.75) is 33.1 Å². The molecular formula is C17H23N3O3. The van der Waals surface area contributed by atoms with Gasteiger partial charge >= 0.3 is 0 Å². The second kappa shape index (κ2) is 7.76. The van der Waals surface area contributed by atoms with Crippen molar-refractivity contribution in [1.82, 2.24) is 4.90 Å². The average Bonchev–Trinajstić information content (AvgIpc) is 3.02. The van der Waals surface area contributed by atoms with Crippen LogP contribution in [0.3, 0.4) is 0 Å². The molecule has 3 amide bonds. The van der Waals surface area contributed by atoms with Crippen molar-refractivity contribution in [1.29, 1.82) is 0 Å². The van der Waals surface area contributed by atoms with E-state index in [1.54, 1.807) is 29.2 Å². The topological polar surface area (TPSA) is 69.7 Å². The van der Waals surface area contributed by atoms with Gasteiger partial charge < -0.3 is 15.1 Å². The Morgan fingerprint density at radius 2 is 1.70 bits per heavy atom. The molecule has 6 nitrogen and oxygen atoms in total. The fraction of sp³-hybridized carbons (Fsp3) is 0.471. The summed E-state index contributed by atoms with van der Waals surface area (Å²) in [6, 6.07) is 7.03. The molecule has 1 aromatic rings. The van der Waals surface area contributed by atoms with Gasteiger partial charge in [-0.1, -0.05) is 0 Å². The number of benzene rings is 1. The van der Waals surface area contributed by atoms with E-state index < -0.39 is 0 Å². The zero-order valence-corrected chi connectivity index (χ0v) is 13.7. The van der Waals surface area contributed by atoms with E-state index in [2.05, 4.69) is 5.32 Å². The third-order valence-corrected chi connectivity index (χ3v) is 3.89. The molecule has 6 heteroatoms. The maximum absolute atomic E-state index is 12.1. The van der Waals surface area contributed by atoms with Crippen LogP contribution in [0.2, 0.25) is 0 Å². The van der Waals surface area contributed by atoms with Crippen molar-refractivity contribution in [3.05, 3.63) is 24.3 Å². The summed E-state index contributed by atoms with van der Waals surface area (Å²) in [5.41, 5.74) is 1.40. The fourth-order valence-corrected chi connectivity index (χ4v) is 2.73. The maximum Gasteiger partial charge on any atom is 0.224 e. The van der Waals surface area contributed by atoms with Crippen molar-refractivity contribution in [3.63, 3.8) is 0 Å². The summed E-state index contributed by atoms with van der Waals surface area (Å²) in [6.07, 6.45) is 2.45. The van der Waals surface area contributed by atoms with Crippen molar-refractivity contribution in [2.24, 2.45) is 0 Å². The molecule has 23 heavy (non-hydrogen) atoms. The molecule has 0 unspecified atom stereocenters. The molecular weight excluding hydrogens is 294 g/mol. The summed E-state index contributed by atoms with van der Waals surface area (Å²) in [4.78, 5) is 38.5. The van der Waals surface area contributed by atoms with Crippen LogP contribution in [0.25, 0.3) is 0 Å². The molecule has 1 heterocycles. The standard InChI is InChI=1S/C17H23N3O3/c1-13(21)18-15-5-7-16(8-6-15)20(14(2)22)12-9-17(23)19-10-3-4-11-19/h5-8H,3-4,9-12H2,1-2H3,(H,18,21). The minimum absolute atomic E-state index is 0.101. The summed E-state index contributed by atoms with van der Waals surface area (Å²) in [5.74, 6) is -0.146. The molecule has 1 aliphatic heterocycles. The molecule has 1 saturated heterocycles. The largest absolute Gasteiger partial charge is 0.343 e. The Balaban J connectivity index is 1.98. The Kier molecular flexibility index (Phi) is 5.73. The molecule has 0 saturated carbocycles. The molecule has 0 aliphatic carbocycles. The third-order valence-electron chi connectivity index (χ3n) is 3.89. The Morgan fingerprint density at radius 1 is 1.09 bits per heavy atom. The Morgan fingerprint density at radius 3 is 2.22 bits per heavy atom. The fourth-order valence-electron chi connectivity index (χ4n) is 2.73. The summed E-state index contributed by atoms with van der Waals surface area (Å²) < 4.78 is 0. The summed E-state index contributed by atoms with van der Waals surface area (Å²) in [6.45, 7) is 4.95. The predicted octanol–water partition coefficient (Wildman–Crippen LogP) is 2.01. The molecule has 0 spiro atoms. The third kappa shape index (κ3) is 4.81. The molecule has 1 aliphatic rings. The quantitative estimate of drug-likeness (QED) is 0.903. The van der Waals surface area contributed by atoms with E-state index >= 15 is 0 Å². The number of carbonyl (C=O) groups excluding carboxylic acids is 3. The highest BCUT2D eigenvalue weighted by Crippen LogP contribution is 2.19. The first-order chi connectivity index (χ1) is 11.0. The average molecular weight is 317 g/mol. The smallest absolute Gasteiger partial charge is 0.224 e. The second-order valence-electron chi connectivity index (χ2n) is 5.74. The van der Waals surface area contributed by atoms with Gasteiger partial charge in [0.2, 0.25) is 17.7 Å². The molecule has 124 valence electrons. The van der Waals surface area contributed by atoms with Gasteiger partial charge in [0.1, 0.15) is 0 Å². The van der Waals surface area contributed by atoms with Gasteiger partial charge in [-0.3, -0.25) is 14.4 Å². The zero-order chi connectivity index (χ0) is 16.8. The minimum Gasteiger partial charge on any atom is -0.343 e. The zero-order valence-electron chi connectivity index (χ0n) is 13.7. The molecule has 1 N–H and O–H groups in total. The molecule has 0 aromatic heterocycles. The van der Waals surface area contributed by atoms with Crippen LogP contribution in [0.15, 0.2) is 24.3 Å². The summed E-state index contributed by atoms with van der Waals surface area (Å²) in [7, 11) is 0. The number of nitrogens with zero attached hydrogens (tertiary/aromatic N) is 2. The summed E-state index contributed by atoms with van der Waals surface area (Å²) in [5, 5.41) is 2.68. The van der Waals surface area contributed by atoms with Crippen LogP contribution >= 0.6 is 0 Å². The van der Waals surface area contributed by atoms with E-state index in [1.807, 2.05) is 4.90 Å². The van der Waals surface area contributed by atoms with Crippen molar-refractivity contribution >= 4 is 29.1 Å². The summed E-state index contributed by atoms with van der Waals surface area (Å²) >= 11 is 0. The highest BCUT2D eigenvalue weighted by atomic mass is 16.2. The van der Waals surface area contributed by atoms with Gasteiger partial charge in [0.05, 0.1) is 0 Å². The van der Waals surface area contributed by atoms with Crippen LogP contribution in [0.4, 0.5) is 11.4 Å². The Bertz CT molecular complexity index is 577. The van der Waals surface area contributed by atoms with Gasteiger partial charge in [-0.05, 0) is 37.1 Å². The van der Waals surface area contributed by atoms with E-state index in [1.165, 1.54) is 13.8 Å². The van der Waals surface area contributed by atoms with E-state index in [4.69, 9.17) is 0 Å². The van der Waals surface area contributed by atoms with Crippen LogP contribution in [-0.2, 0) is 14.4 Å². The SMILES string of the molecule is CC(=O)Nc1ccc(N(CCC(=O)N2CCCC2)C(C)=O)cc1. The van der Waals surface area contributed by atoms with Crippen LogP contribution < -0.4 is 10.2 Å². The van der Waals surface area contributed by atoms with Gasteiger partial charge in [0, 0.05) is 51.3 Å². The number of rotatable bonds is 5. The Hall–Kier alpha value is -2.37. The first-order valence-electron chi connectivity index (χ1n) is 7.91. The predicted molar refractivity (Wildman–Crippen MR) is 89.2 cm³/mol. The number of anilines is 2. The van der Waals surface area contributed by atoms with E-state index in [0.717, 1.165) is 31.6 Å². The van der Waals surface area contributed by atoms with Gasteiger partial charge in [-0.2, -0.15) is 0 Å². The van der Waals surface area contributed by atoms with E-state index in [-0.39, 0.29) is 17.7 Å². The highest BCUT2D eigenvalue weighted by molar-refractivity contribution is 5.93. The molecule has 0 radical (unpaired) electrons. The number of hydrogen-bond acceptors (Lipinski definition) is 3. The normalized spacial score (nSPS) is 13.7. The number of nitrogens with one attached hydrogen (secondary N) is 1. The molecule has 0 atom stereocenters. The van der Waals surface area contributed by atoms with Gasteiger partial charge in [-0.25, -0.2) is 0 Å². The first kappa shape index (κ1) is 17.0. The van der Waals surface area contributed by atoms with Crippen LogP contribution in [-0.4, -0.2) is 42.3 Å². The van der Waals surface area contributed by atoms with Crippen LogP contribution in [0.1, 0.15) is 33.1 Å². The van der Waals surface area contributed by atoms with Crippen molar-refractivity contribution in [3.8, 4) is 0 Å². The lowest BCUT2D eigenvalue weighted by molar-refractivity contribution is -0.130. The van der Waals surface area contributed by atoms with Crippen LogP contribution in [0.5, 0.6) is 0 Å². The van der Waals surface area contributed by atoms with Crippen molar-refractivity contribution < 1.29 is 14.4 Å². The lowest BCUT2D eigenvalue weighted by Crippen LogP contribution is -2.35. The first-order valence-corrected chi connectivity index (χ1v) is 7.91. The monoisotopic (exact) mass is 317 g/mol. The number of likely N-dealkylation sites (tertiary alicyclic amines) is 1. The molecule has 1 aromatic carbocycles.